The highest BCUT2D eigenvalue weighted by atomic mass is 16.5. The van der Waals surface area contributed by atoms with Gasteiger partial charge >= 0.3 is 5.97 Å². The standard InChI is InChI=1S/C32H48O5/c1-5-6-18-37-30(36)32(16-17-32)29(35)14-9-21(2)25-12-13-26-24(8-7-15-31(25,26)4)11-10-23-19-27(33)22(3)28(34)20-23/h9-11,14,21,25-29,33-35H,3,5-8,12-13,15-20H2,1-2,4H3/b14-9+,24-11+/t21-,25-,26+,27-,28-,29-,31-/m1/s1. The molecule has 3 N–H and O–H groups in total. The number of hydrogen-bond donors (Lipinski definition) is 3. The Morgan fingerprint density at radius 2 is 1.84 bits per heavy atom. The molecule has 7 atom stereocenters. The average Bonchev–Trinajstić information content (AvgIpc) is 3.60. The largest absolute Gasteiger partial charge is 0.465 e. The zero-order chi connectivity index (χ0) is 26.8. The quantitative estimate of drug-likeness (QED) is 0.206. The van der Waals surface area contributed by atoms with Crippen LogP contribution < -0.4 is 0 Å². The first-order valence-corrected chi connectivity index (χ1v) is 14.6. The molecule has 0 heterocycles. The van der Waals surface area contributed by atoms with Gasteiger partial charge in [0.25, 0.3) is 0 Å². The SMILES string of the molecule is C=C1[C@H](O)CC(=C/C=C2\CCC[C@]3(C)[C@@H]([C@H](C)/C=C/[C@@H](O)C4(C(=O)OCCCC)CC4)CC[C@@H]23)C[C@H]1O. The van der Waals surface area contributed by atoms with Crippen LogP contribution in [0.1, 0.15) is 91.4 Å². The van der Waals surface area contributed by atoms with Crippen LogP contribution >= 0.6 is 0 Å². The summed E-state index contributed by atoms with van der Waals surface area (Å²) < 4.78 is 5.44. The summed E-state index contributed by atoms with van der Waals surface area (Å²) >= 11 is 0. The fourth-order valence-electron chi connectivity index (χ4n) is 7.38. The van der Waals surface area contributed by atoms with E-state index in [1.54, 1.807) is 0 Å². The van der Waals surface area contributed by atoms with Gasteiger partial charge in [-0.3, -0.25) is 4.79 Å². The molecule has 0 spiro atoms. The predicted octanol–water partition coefficient (Wildman–Crippen LogP) is 5.80. The molecule has 4 aliphatic rings. The maximum atomic E-state index is 12.6. The molecule has 0 radical (unpaired) electrons. The first-order chi connectivity index (χ1) is 17.6. The topological polar surface area (TPSA) is 87.0 Å². The summed E-state index contributed by atoms with van der Waals surface area (Å²) in [6, 6.07) is 0. The van der Waals surface area contributed by atoms with Crippen molar-refractivity contribution in [1.29, 1.82) is 0 Å². The Balaban J connectivity index is 1.40. The first kappa shape index (κ1) is 28.3. The lowest BCUT2D eigenvalue weighted by Gasteiger charge is -2.44. The van der Waals surface area contributed by atoms with E-state index in [1.165, 1.54) is 24.8 Å². The summed E-state index contributed by atoms with van der Waals surface area (Å²) in [6.07, 6.45) is 16.5. The van der Waals surface area contributed by atoms with Crippen LogP contribution in [0.5, 0.6) is 0 Å². The summed E-state index contributed by atoms with van der Waals surface area (Å²) in [6.45, 7) is 11.0. The molecule has 206 valence electrons. The zero-order valence-corrected chi connectivity index (χ0v) is 23.1. The van der Waals surface area contributed by atoms with E-state index in [0.717, 1.165) is 31.3 Å². The summed E-state index contributed by atoms with van der Waals surface area (Å²) in [5, 5.41) is 31.3. The van der Waals surface area contributed by atoms with Crippen molar-refractivity contribution in [2.45, 2.75) is 110 Å². The number of aliphatic hydroxyl groups excluding tert-OH is 3. The van der Waals surface area contributed by atoms with Crippen LogP contribution in [0.15, 0.2) is 47.6 Å². The molecule has 0 aromatic carbocycles. The predicted molar refractivity (Wildman–Crippen MR) is 147 cm³/mol. The van der Waals surface area contributed by atoms with Crippen molar-refractivity contribution in [3.05, 3.63) is 47.6 Å². The van der Waals surface area contributed by atoms with Gasteiger partial charge < -0.3 is 20.1 Å². The molecule has 0 bridgehead atoms. The van der Waals surface area contributed by atoms with E-state index in [0.29, 0.717) is 55.6 Å². The van der Waals surface area contributed by atoms with Gasteiger partial charge in [0.15, 0.2) is 0 Å². The smallest absolute Gasteiger partial charge is 0.315 e. The molecule has 4 saturated carbocycles. The maximum absolute atomic E-state index is 12.6. The van der Waals surface area contributed by atoms with E-state index < -0.39 is 23.7 Å². The van der Waals surface area contributed by atoms with E-state index in [2.05, 4.69) is 45.6 Å². The second-order valence-corrected chi connectivity index (χ2v) is 12.5. The Morgan fingerprint density at radius 1 is 1.14 bits per heavy atom. The molecule has 5 nitrogen and oxygen atoms in total. The Hall–Kier alpha value is -1.69. The van der Waals surface area contributed by atoms with Gasteiger partial charge in [0.05, 0.1) is 30.3 Å². The molecule has 0 aromatic heterocycles. The summed E-state index contributed by atoms with van der Waals surface area (Å²) in [5.41, 5.74) is 2.61. The first-order valence-electron chi connectivity index (χ1n) is 14.6. The second-order valence-electron chi connectivity index (χ2n) is 12.5. The molecular weight excluding hydrogens is 464 g/mol. The van der Waals surface area contributed by atoms with E-state index in [4.69, 9.17) is 4.74 Å². The lowest BCUT2D eigenvalue weighted by atomic mass is 9.61. The number of ether oxygens (including phenoxy) is 1. The number of rotatable bonds is 9. The van der Waals surface area contributed by atoms with Crippen LogP contribution in [0.25, 0.3) is 0 Å². The highest BCUT2D eigenvalue weighted by molar-refractivity contribution is 5.81. The molecule has 37 heavy (non-hydrogen) atoms. The van der Waals surface area contributed by atoms with Gasteiger partial charge in [-0.15, -0.1) is 0 Å². The number of carbonyl (C=O) groups excluding carboxylic acids is 1. The fourth-order valence-corrected chi connectivity index (χ4v) is 7.38. The van der Waals surface area contributed by atoms with Crippen molar-refractivity contribution in [1.82, 2.24) is 0 Å². The molecule has 0 amide bonds. The van der Waals surface area contributed by atoms with Gasteiger partial charge in [-0.25, -0.2) is 0 Å². The third-order valence-electron chi connectivity index (χ3n) is 10.1. The minimum atomic E-state index is -0.778. The summed E-state index contributed by atoms with van der Waals surface area (Å²) in [4.78, 5) is 12.6. The van der Waals surface area contributed by atoms with Crippen molar-refractivity contribution < 1.29 is 24.9 Å². The lowest BCUT2D eigenvalue weighted by molar-refractivity contribution is -0.153. The van der Waals surface area contributed by atoms with Crippen LogP contribution in [0.3, 0.4) is 0 Å². The minimum absolute atomic E-state index is 0.216. The van der Waals surface area contributed by atoms with E-state index in [1.807, 2.05) is 6.08 Å². The number of hydrogen-bond acceptors (Lipinski definition) is 5. The van der Waals surface area contributed by atoms with E-state index in [9.17, 15) is 20.1 Å². The number of aliphatic hydroxyl groups is 3. The van der Waals surface area contributed by atoms with Gasteiger partial charge in [-0.2, -0.15) is 0 Å². The van der Waals surface area contributed by atoms with Crippen LogP contribution in [0.2, 0.25) is 0 Å². The normalized spacial score (nSPS) is 35.9. The molecule has 4 aliphatic carbocycles. The molecule has 4 rings (SSSR count). The van der Waals surface area contributed by atoms with Crippen molar-refractivity contribution in [2.24, 2.45) is 28.6 Å². The number of allylic oxidation sites excluding steroid dienone is 4. The maximum Gasteiger partial charge on any atom is 0.315 e. The van der Waals surface area contributed by atoms with Crippen molar-refractivity contribution in [3.8, 4) is 0 Å². The third kappa shape index (κ3) is 5.84. The van der Waals surface area contributed by atoms with Gasteiger partial charge in [-0.05, 0) is 93.0 Å². The number of fused-ring (bicyclic) bond motifs is 1. The van der Waals surface area contributed by atoms with Gasteiger partial charge in [-0.1, -0.05) is 69.2 Å². The Kier molecular flexibility index (Phi) is 8.87. The fraction of sp³-hybridized carbons (Fsp3) is 0.719. The molecular formula is C32H48O5. The molecule has 0 aliphatic heterocycles. The Morgan fingerprint density at radius 3 is 2.49 bits per heavy atom. The highest BCUT2D eigenvalue weighted by Gasteiger charge is 2.56. The minimum Gasteiger partial charge on any atom is -0.465 e. The number of carbonyl (C=O) groups is 1. The van der Waals surface area contributed by atoms with Crippen LogP contribution in [0, 0.1) is 28.6 Å². The van der Waals surface area contributed by atoms with Gasteiger partial charge in [0.2, 0.25) is 0 Å². The highest BCUT2D eigenvalue weighted by Crippen LogP contribution is 2.59. The van der Waals surface area contributed by atoms with Gasteiger partial charge in [0, 0.05) is 0 Å². The van der Waals surface area contributed by atoms with Crippen LogP contribution in [-0.2, 0) is 9.53 Å². The molecule has 0 aromatic rings. The van der Waals surface area contributed by atoms with E-state index >= 15 is 0 Å². The molecule has 4 fully saturated rings. The van der Waals surface area contributed by atoms with E-state index in [-0.39, 0.29) is 11.4 Å². The number of esters is 1. The molecule has 5 heteroatoms. The van der Waals surface area contributed by atoms with Crippen LogP contribution in [0.4, 0.5) is 0 Å². The average molecular weight is 513 g/mol. The van der Waals surface area contributed by atoms with Crippen molar-refractivity contribution in [3.63, 3.8) is 0 Å². The van der Waals surface area contributed by atoms with Crippen molar-refractivity contribution >= 4 is 5.97 Å². The van der Waals surface area contributed by atoms with Crippen LogP contribution in [-0.4, -0.2) is 46.2 Å². The summed E-state index contributed by atoms with van der Waals surface area (Å²) in [5.74, 6) is 1.16. The summed E-state index contributed by atoms with van der Waals surface area (Å²) in [7, 11) is 0. The second kappa shape index (κ2) is 11.6. The monoisotopic (exact) mass is 512 g/mol. The number of unbranched alkanes of at least 4 members (excludes halogenated alkanes) is 1. The van der Waals surface area contributed by atoms with Crippen molar-refractivity contribution in [2.75, 3.05) is 6.61 Å². The molecule has 0 saturated heterocycles. The lowest BCUT2D eigenvalue weighted by Crippen LogP contribution is -2.36. The van der Waals surface area contributed by atoms with Gasteiger partial charge in [0.1, 0.15) is 0 Å². The Labute approximate surface area is 223 Å². The zero-order valence-electron chi connectivity index (χ0n) is 23.1. The molecule has 0 unspecified atom stereocenters. The third-order valence-corrected chi connectivity index (χ3v) is 10.1. The Bertz CT molecular complexity index is 925.